The normalized spacial score (nSPS) is 27.1. The maximum absolute atomic E-state index is 4.96. The minimum Gasteiger partial charge on any atom is -0.348 e. The van der Waals surface area contributed by atoms with Crippen molar-refractivity contribution in [2.75, 3.05) is 25.0 Å². The number of hydrogen-bond acceptors (Lipinski definition) is 4. The first-order valence-electron chi connectivity index (χ1n) is 7.61. The first-order chi connectivity index (χ1) is 9.19. The van der Waals surface area contributed by atoms with E-state index in [1.54, 1.807) is 0 Å². The molecule has 0 saturated carbocycles. The number of aryl methyl sites for hydroxylation is 1. The summed E-state index contributed by atoms with van der Waals surface area (Å²) in [6.07, 6.45) is 5.10. The van der Waals surface area contributed by atoms with E-state index in [0.29, 0.717) is 6.04 Å². The lowest BCUT2D eigenvalue weighted by molar-refractivity contribution is 0.422. The zero-order valence-electron chi connectivity index (χ0n) is 12.3. The van der Waals surface area contributed by atoms with Crippen LogP contribution < -0.4 is 10.2 Å². The summed E-state index contributed by atoms with van der Waals surface area (Å²) in [5.41, 5.74) is 1.33. The molecule has 0 radical (unpaired) electrons. The van der Waals surface area contributed by atoms with Gasteiger partial charge in [0.15, 0.2) is 5.13 Å². The molecule has 3 nitrogen and oxygen atoms in total. The number of hydrogen-bond donors (Lipinski definition) is 1. The molecule has 2 unspecified atom stereocenters. The van der Waals surface area contributed by atoms with Gasteiger partial charge in [-0.3, -0.25) is 0 Å². The molecule has 1 fully saturated rings. The lowest BCUT2D eigenvalue weighted by atomic mass is 9.95. The van der Waals surface area contributed by atoms with Gasteiger partial charge in [-0.1, -0.05) is 13.8 Å². The van der Waals surface area contributed by atoms with Gasteiger partial charge in [-0.15, -0.1) is 11.3 Å². The van der Waals surface area contributed by atoms with Gasteiger partial charge in [-0.25, -0.2) is 4.98 Å². The third kappa shape index (κ3) is 2.52. The molecule has 1 N–H and O–H groups in total. The molecule has 1 aromatic heterocycles. The molecule has 3 rings (SSSR count). The van der Waals surface area contributed by atoms with Crippen LogP contribution in [0.15, 0.2) is 0 Å². The largest absolute Gasteiger partial charge is 0.348 e. The fourth-order valence-corrected chi connectivity index (χ4v) is 4.53. The first kappa shape index (κ1) is 13.4. The second kappa shape index (κ2) is 5.41. The molecular formula is C15H25N3S. The number of anilines is 1. The van der Waals surface area contributed by atoms with Gasteiger partial charge in [-0.2, -0.15) is 0 Å². The summed E-state index contributed by atoms with van der Waals surface area (Å²) >= 11 is 1.94. The van der Waals surface area contributed by atoms with Gasteiger partial charge in [-0.05, 0) is 44.6 Å². The molecule has 2 heterocycles. The minimum atomic E-state index is 0.484. The zero-order chi connectivity index (χ0) is 13.4. The van der Waals surface area contributed by atoms with Crippen molar-refractivity contribution >= 4 is 16.5 Å². The van der Waals surface area contributed by atoms with Crippen LogP contribution in [0.4, 0.5) is 5.13 Å². The van der Waals surface area contributed by atoms with Crippen molar-refractivity contribution < 1.29 is 0 Å². The fraction of sp³-hybridized carbons (Fsp3) is 0.800. The van der Waals surface area contributed by atoms with Crippen LogP contribution in [-0.2, 0) is 6.42 Å². The zero-order valence-corrected chi connectivity index (χ0v) is 13.1. The van der Waals surface area contributed by atoms with E-state index in [9.17, 15) is 0 Å². The second-order valence-electron chi connectivity index (χ2n) is 6.28. The highest BCUT2D eigenvalue weighted by molar-refractivity contribution is 7.15. The molecule has 19 heavy (non-hydrogen) atoms. The maximum Gasteiger partial charge on any atom is 0.185 e. The van der Waals surface area contributed by atoms with Crippen molar-refractivity contribution in [3.05, 3.63) is 10.6 Å². The Labute approximate surface area is 120 Å². The van der Waals surface area contributed by atoms with Crippen LogP contribution in [0.2, 0.25) is 0 Å². The number of rotatable bonds is 3. The van der Waals surface area contributed by atoms with E-state index in [1.165, 1.54) is 54.5 Å². The molecule has 4 heteroatoms. The molecule has 2 atom stereocenters. The van der Waals surface area contributed by atoms with Crippen LogP contribution in [0.3, 0.4) is 0 Å². The minimum absolute atomic E-state index is 0.484. The molecule has 1 aliphatic carbocycles. The second-order valence-corrected chi connectivity index (χ2v) is 7.34. The van der Waals surface area contributed by atoms with Crippen LogP contribution in [0.5, 0.6) is 0 Å². The smallest absolute Gasteiger partial charge is 0.185 e. The highest BCUT2D eigenvalue weighted by atomic mass is 32.1. The summed E-state index contributed by atoms with van der Waals surface area (Å²) in [4.78, 5) is 9.00. The Morgan fingerprint density at radius 3 is 2.89 bits per heavy atom. The molecule has 1 saturated heterocycles. The Morgan fingerprint density at radius 2 is 2.21 bits per heavy atom. The summed E-state index contributed by atoms with van der Waals surface area (Å²) in [5, 5.41) is 4.69. The van der Waals surface area contributed by atoms with E-state index < -0.39 is 0 Å². The van der Waals surface area contributed by atoms with Crippen LogP contribution >= 0.6 is 11.3 Å². The Kier molecular flexibility index (Phi) is 3.81. The van der Waals surface area contributed by atoms with E-state index in [-0.39, 0.29) is 0 Å². The molecular weight excluding hydrogens is 254 g/mol. The monoisotopic (exact) mass is 279 g/mol. The number of thiazole rings is 1. The lowest BCUT2D eigenvalue weighted by Gasteiger charge is -2.20. The maximum atomic E-state index is 4.96. The van der Waals surface area contributed by atoms with E-state index in [4.69, 9.17) is 4.98 Å². The molecule has 2 aliphatic rings. The summed E-state index contributed by atoms with van der Waals surface area (Å²) < 4.78 is 0. The summed E-state index contributed by atoms with van der Waals surface area (Å²) in [5.74, 6) is 1.64. The molecule has 0 spiro atoms. The van der Waals surface area contributed by atoms with E-state index >= 15 is 0 Å². The van der Waals surface area contributed by atoms with Gasteiger partial charge in [0, 0.05) is 18.0 Å². The van der Waals surface area contributed by atoms with Crippen LogP contribution in [0.1, 0.15) is 49.7 Å². The van der Waals surface area contributed by atoms with Crippen molar-refractivity contribution in [3.63, 3.8) is 0 Å². The third-order valence-corrected chi connectivity index (χ3v) is 5.92. The number of nitrogens with one attached hydrogen (secondary N) is 1. The summed E-state index contributed by atoms with van der Waals surface area (Å²) in [7, 11) is 2.06. The Balaban J connectivity index is 1.78. The van der Waals surface area contributed by atoms with E-state index in [2.05, 4.69) is 31.1 Å². The predicted molar refractivity (Wildman–Crippen MR) is 82.0 cm³/mol. The SMILES string of the molecule is CNC1CCCc2sc(N3CCC(C(C)C)C3)nc21. The Bertz CT molecular complexity index is 441. The summed E-state index contributed by atoms with van der Waals surface area (Å²) in [6, 6.07) is 0.484. The van der Waals surface area contributed by atoms with Gasteiger partial charge in [0.25, 0.3) is 0 Å². The third-order valence-electron chi connectivity index (χ3n) is 4.73. The highest BCUT2D eigenvalue weighted by Crippen LogP contribution is 2.38. The van der Waals surface area contributed by atoms with Crippen LogP contribution in [0.25, 0.3) is 0 Å². The van der Waals surface area contributed by atoms with Gasteiger partial charge in [0.1, 0.15) is 0 Å². The van der Waals surface area contributed by atoms with Gasteiger partial charge < -0.3 is 10.2 Å². The van der Waals surface area contributed by atoms with E-state index in [1.807, 2.05) is 11.3 Å². The number of fused-ring (bicyclic) bond motifs is 1. The molecule has 0 bridgehead atoms. The average Bonchev–Trinajstić information content (AvgIpc) is 3.04. The first-order valence-corrected chi connectivity index (χ1v) is 8.42. The van der Waals surface area contributed by atoms with Gasteiger partial charge in [0.2, 0.25) is 0 Å². The van der Waals surface area contributed by atoms with E-state index in [0.717, 1.165) is 11.8 Å². The molecule has 0 amide bonds. The highest BCUT2D eigenvalue weighted by Gasteiger charge is 2.29. The predicted octanol–water partition coefficient (Wildman–Crippen LogP) is 3.22. The summed E-state index contributed by atoms with van der Waals surface area (Å²) in [6.45, 7) is 7.09. The topological polar surface area (TPSA) is 28.2 Å². The standard InChI is InChI=1S/C15H25N3S/c1-10(2)11-7-8-18(9-11)15-17-14-12(16-3)5-4-6-13(14)19-15/h10-12,16H,4-9H2,1-3H3. The van der Waals surface area contributed by atoms with Crippen molar-refractivity contribution in [1.29, 1.82) is 0 Å². The van der Waals surface area contributed by atoms with Crippen LogP contribution in [0, 0.1) is 11.8 Å². The van der Waals surface area contributed by atoms with Crippen molar-refractivity contribution in [3.8, 4) is 0 Å². The quantitative estimate of drug-likeness (QED) is 0.921. The molecule has 0 aromatic carbocycles. The molecule has 106 valence electrons. The Hall–Kier alpha value is -0.610. The van der Waals surface area contributed by atoms with Crippen LogP contribution in [-0.4, -0.2) is 25.1 Å². The van der Waals surface area contributed by atoms with Gasteiger partial charge >= 0.3 is 0 Å². The molecule has 1 aliphatic heterocycles. The number of nitrogens with zero attached hydrogens (tertiary/aromatic N) is 2. The molecule has 1 aromatic rings. The number of aromatic nitrogens is 1. The van der Waals surface area contributed by atoms with Crippen molar-refractivity contribution in [2.45, 2.75) is 45.6 Å². The average molecular weight is 279 g/mol. The van der Waals surface area contributed by atoms with Crippen molar-refractivity contribution in [1.82, 2.24) is 10.3 Å². The van der Waals surface area contributed by atoms with Gasteiger partial charge in [0.05, 0.1) is 11.7 Å². The van der Waals surface area contributed by atoms with Crippen molar-refractivity contribution in [2.24, 2.45) is 11.8 Å². The fourth-order valence-electron chi connectivity index (χ4n) is 3.33. The Morgan fingerprint density at radius 1 is 1.37 bits per heavy atom. The lowest BCUT2D eigenvalue weighted by Crippen LogP contribution is -2.22.